The standard InChI is InChI=1S/C14H14BN3O5/c19-4-3-16-14(20)12-6-18-13(7-17-12)23-10-2-1-9-8-22-15(21)11(9)5-10/h1-2,5-7,19,21H,3-4,8H2,(H,16,20). The summed E-state index contributed by atoms with van der Waals surface area (Å²) in [6.45, 7) is 0.376. The second-order valence-corrected chi connectivity index (χ2v) is 4.85. The van der Waals surface area contributed by atoms with Gasteiger partial charge in [0.2, 0.25) is 5.88 Å². The van der Waals surface area contributed by atoms with E-state index in [1.807, 2.05) is 6.07 Å². The van der Waals surface area contributed by atoms with Crippen LogP contribution in [0.1, 0.15) is 16.1 Å². The van der Waals surface area contributed by atoms with E-state index in [1.165, 1.54) is 12.4 Å². The van der Waals surface area contributed by atoms with Gasteiger partial charge in [0.1, 0.15) is 11.4 Å². The summed E-state index contributed by atoms with van der Waals surface area (Å²) < 4.78 is 10.7. The summed E-state index contributed by atoms with van der Waals surface area (Å²) in [5.74, 6) is 0.285. The van der Waals surface area contributed by atoms with Crippen LogP contribution in [0.2, 0.25) is 0 Å². The van der Waals surface area contributed by atoms with E-state index in [2.05, 4.69) is 15.3 Å². The number of aliphatic hydroxyl groups excluding tert-OH is 1. The highest BCUT2D eigenvalue weighted by molar-refractivity contribution is 6.61. The van der Waals surface area contributed by atoms with Crippen molar-refractivity contribution in [2.24, 2.45) is 0 Å². The molecule has 1 aliphatic heterocycles. The van der Waals surface area contributed by atoms with Crippen LogP contribution in [0.3, 0.4) is 0 Å². The van der Waals surface area contributed by atoms with Crippen LogP contribution in [0, 0.1) is 0 Å². The molecule has 2 aromatic rings. The van der Waals surface area contributed by atoms with Gasteiger partial charge >= 0.3 is 7.12 Å². The first-order valence-electron chi connectivity index (χ1n) is 6.99. The Morgan fingerprint density at radius 1 is 1.39 bits per heavy atom. The van der Waals surface area contributed by atoms with Gasteiger partial charge in [0.25, 0.3) is 5.91 Å². The molecule has 0 aliphatic carbocycles. The van der Waals surface area contributed by atoms with Gasteiger partial charge in [0.15, 0.2) is 0 Å². The molecule has 2 heterocycles. The summed E-state index contributed by atoms with van der Waals surface area (Å²) in [5, 5.41) is 20.8. The van der Waals surface area contributed by atoms with Gasteiger partial charge in [-0.05, 0) is 23.2 Å². The maximum Gasteiger partial charge on any atom is 0.491 e. The molecule has 3 N–H and O–H groups in total. The van der Waals surface area contributed by atoms with Crippen molar-refractivity contribution < 1.29 is 24.3 Å². The molecule has 3 rings (SSSR count). The Labute approximate surface area is 132 Å². The number of carbonyl (C=O) groups excluding carboxylic acids is 1. The number of aromatic nitrogens is 2. The molecule has 9 heteroatoms. The third kappa shape index (κ3) is 3.47. The maximum absolute atomic E-state index is 11.6. The molecule has 0 radical (unpaired) electrons. The lowest BCUT2D eigenvalue weighted by atomic mass is 9.79. The molecule has 0 fully saturated rings. The summed E-state index contributed by atoms with van der Waals surface area (Å²) in [7, 11) is -0.947. The third-order valence-corrected chi connectivity index (χ3v) is 3.26. The van der Waals surface area contributed by atoms with Crippen LogP contribution in [0.15, 0.2) is 30.6 Å². The van der Waals surface area contributed by atoms with Crippen molar-refractivity contribution in [1.29, 1.82) is 0 Å². The number of carbonyl (C=O) groups is 1. The highest BCUT2D eigenvalue weighted by Gasteiger charge is 2.27. The summed E-state index contributed by atoms with van der Waals surface area (Å²) in [4.78, 5) is 19.6. The monoisotopic (exact) mass is 315 g/mol. The Bertz CT molecular complexity index is 710. The van der Waals surface area contributed by atoms with E-state index in [-0.39, 0.29) is 24.7 Å². The van der Waals surface area contributed by atoms with Crippen molar-refractivity contribution in [2.45, 2.75) is 6.61 Å². The predicted octanol–water partition coefficient (Wildman–Crippen LogP) is -0.791. The number of ether oxygens (including phenoxy) is 1. The smallest absolute Gasteiger partial charge is 0.438 e. The van der Waals surface area contributed by atoms with E-state index in [0.717, 1.165) is 5.56 Å². The van der Waals surface area contributed by atoms with Crippen molar-refractivity contribution in [3.63, 3.8) is 0 Å². The molecule has 0 saturated carbocycles. The zero-order valence-electron chi connectivity index (χ0n) is 12.1. The first-order chi connectivity index (χ1) is 11.2. The fraction of sp³-hybridized carbons (Fsp3) is 0.214. The van der Waals surface area contributed by atoms with Crippen molar-refractivity contribution in [3.05, 3.63) is 41.9 Å². The normalized spacial score (nSPS) is 12.9. The van der Waals surface area contributed by atoms with Crippen molar-refractivity contribution >= 4 is 18.5 Å². The van der Waals surface area contributed by atoms with Gasteiger partial charge in [-0.3, -0.25) is 4.79 Å². The Hall–Kier alpha value is -2.49. The molecule has 0 bridgehead atoms. The number of nitrogens with one attached hydrogen (secondary N) is 1. The largest absolute Gasteiger partial charge is 0.491 e. The molecule has 1 aliphatic rings. The second kappa shape index (κ2) is 6.74. The maximum atomic E-state index is 11.6. The van der Waals surface area contributed by atoms with E-state index >= 15 is 0 Å². The van der Waals surface area contributed by atoms with E-state index in [0.29, 0.717) is 17.8 Å². The molecule has 8 nitrogen and oxygen atoms in total. The molecule has 0 spiro atoms. The lowest BCUT2D eigenvalue weighted by Crippen LogP contribution is -2.28. The first-order valence-corrected chi connectivity index (χ1v) is 6.99. The van der Waals surface area contributed by atoms with Crippen LogP contribution in [-0.4, -0.2) is 46.3 Å². The summed E-state index contributed by atoms with van der Waals surface area (Å²) >= 11 is 0. The zero-order chi connectivity index (χ0) is 16.2. The molecule has 0 saturated heterocycles. The minimum absolute atomic E-state index is 0.128. The number of hydrogen-bond acceptors (Lipinski definition) is 7. The second-order valence-electron chi connectivity index (χ2n) is 4.85. The summed E-state index contributed by atoms with van der Waals surface area (Å²) in [6.07, 6.45) is 2.61. The average molecular weight is 315 g/mol. The topological polar surface area (TPSA) is 114 Å². The third-order valence-electron chi connectivity index (χ3n) is 3.26. The van der Waals surface area contributed by atoms with Crippen LogP contribution in [0.4, 0.5) is 0 Å². The van der Waals surface area contributed by atoms with Crippen molar-refractivity contribution in [2.75, 3.05) is 13.2 Å². The number of aliphatic hydroxyl groups is 1. The number of fused-ring (bicyclic) bond motifs is 1. The highest BCUT2D eigenvalue weighted by Crippen LogP contribution is 2.20. The molecule has 0 unspecified atom stereocenters. The molecule has 0 atom stereocenters. The van der Waals surface area contributed by atoms with Crippen LogP contribution in [0.25, 0.3) is 0 Å². The lowest BCUT2D eigenvalue weighted by Gasteiger charge is -2.07. The minimum atomic E-state index is -0.947. The molecule has 118 valence electrons. The molecule has 1 aromatic carbocycles. The molecule has 23 heavy (non-hydrogen) atoms. The SMILES string of the molecule is O=C(NCCO)c1cnc(Oc2ccc3c(c2)B(O)OC3)cn1. The first kappa shape index (κ1) is 15.4. The number of rotatable bonds is 5. The fourth-order valence-corrected chi connectivity index (χ4v) is 2.12. The number of amides is 1. The molecular weight excluding hydrogens is 301 g/mol. The van der Waals surface area contributed by atoms with E-state index < -0.39 is 13.0 Å². The zero-order valence-corrected chi connectivity index (χ0v) is 12.1. The van der Waals surface area contributed by atoms with E-state index in [1.54, 1.807) is 12.1 Å². The Morgan fingerprint density at radius 2 is 2.26 bits per heavy atom. The predicted molar refractivity (Wildman–Crippen MR) is 80.4 cm³/mol. The number of hydrogen-bond donors (Lipinski definition) is 3. The van der Waals surface area contributed by atoms with Gasteiger partial charge in [-0.15, -0.1) is 0 Å². The quantitative estimate of drug-likeness (QED) is 0.620. The molecule has 1 amide bonds. The van der Waals surface area contributed by atoms with Crippen molar-refractivity contribution in [1.82, 2.24) is 15.3 Å². The summed E-state index contributed by atoms with van der Waals surface area (Å²) in [5.41, 5.74) is 1.70. The van der Waals surface area contributed by atoms with Crippen LogP contribution in [0.5, 0.6) is 11.6 Å². The minimum Gasteiger partial charge on any atom is -0.438 e. The van der Waals surface area contributed by atoms with Gasteiger partial charge in [0, 0.05) is 6.54 Å². The van der Waals surface area contributed by atoms with Crippen LogP contribution >= 0.6 is 0 Å². The van der Waals surface area contributed by atoms with Gasteiger partial charge in [-0.25, -0.2) is 9.97 Å². The lowest BCUT2D eigenvalue weighted by molar-refractivity contribution is 0.0939. The van der Waals surface area contributed by atoms with Gasteiger partial charge in [0.05, 0.1) is 25.6 Å². The highest BCUT2D eigenvalue weighted by atomic mass is 16.5. The van der Waals surface area contributed by atoms with Crippen LogP contribution in [-0.2, 0) is 11.3 Å². The van der Waals surface area contributed by atoms with E-state index in [9.17, 15) is 9.82 Å². The van der Waals surface area contributed by atoms with Crippen molar-refractivity contribution in [3.8, 4) is 11.6 Å². The Kier molecular flexibility index (Phi) is 4.51. The van der Waals surface area contributed by atoms with Gasteiger partial charge < -0.3 is 24.8 Å². The molecular formula is C14H14BN3O5. The Morgan fingerprint density at radius 3 is 3.00 bits per heavy atom. The number of nitrogens with zero attached hydrogens (tertiary/aromatic N) is 2. The number of benzene rings is 1. The van der Waals surface area contributed by atoms with E-state index in [4.69, 9.17) is 14.5 Å². The van der Waals surface area contributed by atoms with Gasteiger partial charge in [-0.1, -0.05) is 6.07 Å². The average Bonchev–Trinajstić information content (AvgIpc) is 2.94. The fourth-order valence-electron chi connectivity index (χ4n) is 2.12. The van der Waals surface area contributed by atoms with Gasteiger partial charge in [-0.2, -0.15) is 0 Å². The van der Waals surface area contributed by atoms with Crippen LogP contribution < -0.4 is 15.5 Å². The summed E-state index contributed by atoms with van der Waals surface area (Å²) in [6, 6.07) is 5.23. The Balaban J connectivity index is 1.69. The molecule has 1 aromatic heterocycles.